The molecule has 1 heterocycles. The molecular formula is C19H19FN2O2S2. The van der Waals surface area contributed by atoms with E-state index >= 15 is 0 Å². The van der Waals surface area contributed by atoms with Crippen molar-refractivity contribution in [1.29, 1.82) is 0 Å². The van der Waals surface area contributed by atoms with Crippen LogP contribution < -0.4 is 4.72 Å². The second-order valence-corrected chi connectivity index (χ2v) is 8.59. The zero-order valence-electron chi connectivity index (χ0n) is 14.5. The highest BCUT2D eigenvalue weighted by molar-refractivity contribution is 7.89. The summed E-state index contributed by atoms with van der Waals surface area (Å²) in [6.07, 6.45) is 0.488. The van der Waals surface area contributed by atoms with Crippen LogP contribution in [0.1, 0.15) is 16.8 Å². The van der Waals surface area contributed by atoms with Crippen LogP contribution in [0.5, 0.6) is 0 Å². The van der Waals surface area contributed by atoms with Gasteiger partial charge in [0.15, 0.2) is 0 Å². The van der Waals surface area contributed by atoms with Gasteiger partial charge in [-0.25, -0.2) is 22.5 Å². The number of sulfonamides is 1. The van der Waals surface area contributed by atoms with Gasteiger partial charge in [0, 0.05) is 23.9 Å². The summed E-state index contributed by atoms with van der Waals surface area (Å²) >= 11 is 1.46. The molecule has 0 atom stereocenters. The normalized spacial score (nSPS) is 11.7. The molecule has 0 radical (unpaired) electrons. The number of aromatic nitrogens is 1. The second-order valence-electron chi connectivity index (χ2n) is 6.00. The van der Waals surface area contributed by atoms with E-state index in [0.717, 1.165) is 27.4 Å². The lowest BCUT2D eigenvalue weighted by atomic mass is 10.1. The summed E-state index contributed by atoms with van der Waals surface area (Å²) in [6.45, 7) is 3.96. The Kier molecular flexibility index (Phi) is 5.50. The third kappa shape index (κ3) is 4.17. The van der Waals surface area contributed by atoms with Gasteiger partial charge < -0.3 is 0 Å². The van der Waals surface area contributed by atoms with Crippen LogP contribution in [0.4, 0.5) is 4.39 Å². The van der Waals surface area contributed by atoms with E-state index in [1.165, 1.54) is 23.5 Å². The fourth-order valence-corrected chi connectivity index (χ4v) is 4.76. The summed E-state index contributed by atoms with van der Waals surface area (Å²) in [5, 5.41) is 2.68. The zero-order chi connectivity index (χ0) is 18.7. The molecule has 0 fully saturated rings. The molecule has 0 saturated carbocycles. The maximum absolute atomic E-state index is 13.0. The number of hydrogen-bond donors (Lipinski definition) is 1. The van der Waals surface area contributed by atoms with Crippen molar-refractivity contribution in [2.75, 3.05) is 6.54 Å². The summed E-state index contributed by atoms with van der Waals surface area (Å²) in [5.74, 6) is -0.286. The van der Waals surface area contributed by atoms with Crippen LogP contribution in [0.3, 0.4) is 0 Å². The van der Waals surface area contributed by atoms with Crippen LogP contribution >= 0.6 is 11.3 Å². The van der Waals surface area contributed by atoms with Crippen molar-refractivity contribution in [3.8, 4) is 10.6 Å². The second kappa shape index (κ2) is 7.65. The Morgan fingerprint density at radius 3 is 2.58 bits per heavy atom. The van der Waals surface area contributed by atoms with Gasteiger partial charge in [-0.15, -0.1) is 11.3 Å². The van der Waals surface area contributed by atoms with Crippen LogP contribution in [-0.2, 0) is 16.4 Å². The molecule has 1 aromatic heterocycles. The first-order chi connectivity index (χ1) is 12.4. The van der Waals surface area contributed by atoms with E-state index in [4.69, 9.17) is 0 Å². The van der Waals surface area contributed by atoms with Gasteiger partial charge in [0.1, 0.15) is 10.8 Å². The van der Waals surface area contributed by atoms with Gasteiger partial charge in [0.2, 0.25) is 10.0 Å². The first-order valence-corrected chi connectivity index (χ1v) is 10.5. The van der Waals surface area contributed by atoms with Crippen molar-refractivity contribution in [2.45, 2.75) is 25.2 Å². The highest BCUT2D eigenvalue weighted by atomic mass is 32.2. The smallest absolute Gasteiger partial charge is 0.240 e. The molecule has 0 spiro atoms. The molecule has 1 N–H and O–H groups in total. The molecule has 0 saturated heterocycles. The van der Waals surface area contributed by atoms with Gasteiger partial charge in [-0.2, -0.15) is 0 Å². The number of thiazole rings is 1. The lowest BCUT2D eigenvalue weighted by molar-refractivity contribution is 0.580. The van der Waals surface area contributed by atoms with Crippen molar-refractivity contribution in [2.24, 2.45) is 0 Å². The molecule has 0 aliphatic heterocycles. The number of halogens is 1. The number of benzene rings is 2. The van der Waals surface area contributed by atoms with Gasteiger partial charge in [-0.05, 0) is 55.3 Å². The molecule has 0 aliphatic rings. The third-order valence-electron chi connectivity index (χ3n) is 4.16. The minimum atomic E-state index is -3.55. The van der Waals surface area contributed by atoms with E-state index in [1.807, 2.05) is 18.4 Å². The first kappa shape index (κ1) is 18.7. The Bertz CT molecular complexity index is 1010. The van der Waals surface area contributed by atoms with Crippen molar-refractivity contribution in [3.05, 3.63) is 70.5 Å². The molecule has 136 valence electrons. The van der Waals surface area contributed by atoms with E-state index in [0.29, 0.717) is 11.3 Å². The largest absolute Gasteiger partial charge is 0.241 e. The maximum atomic E-state index is 13.0. The molecule has 0 aliphatic carbocycles. The number of nitrogens with one attached hydrogen (secondary N) is 1. The monoisotopic (exact) mass is 390 g/mol. The topological polar surface area (TPSA) is 59.1 Å². The van der Waals surface area contributed by atoms with Gasteiger partial charge >= 0.3 is 0 Å². The molecule has 0 unspecified atom stereocenters. The van der Waals surface area contributed by atoms with E-state index < -0.39 is 10.0 Å². The minimum absolute atomic E-state index is 0.266. The number of nitrogens with zero attached hydrogens (tertiary/aromatic N) is 1. The number of aryl methyl sites for hydroxylation is 1. The summed E-state index contributed by atoms with van der Waals surface area (Å²) < 4.78 is 40.6. The summed E-state index contributed by atoms with van der Waals surface area (Å²) in [4.78, 5) is 4.80. The Hall–Kier alpha value is -2.09. The average molecular weight is 391 g/mol. The Morgan fingerprint density at radius 2 is 1.85 bits per heavy atom. The van der Waals surface area contributed by atoms with Crippen LogP contribution in [0.15, 0.2) is 52.7 Å². The third-order valence-corrected chi connectivity index (χ3v) is 6.71. The van der Waals surface area contributed by atoms with Crippen molar-refractivity contribution in [1.82, 2.24) is 9.71 Å². The van der Waals surface area contributed by atoms with Crippen LogP contribution in [-0.4, -0.2) is 19.9 Å². The van der Waals surface area contributed by atoms with E-state index in [1.54, 1.807) is 31.2 Å². The predicted octanol–water partition coefficient (Wildman–Crippen LogP) is 4.09. The summed E-state index contributed by atoms with van der Waals surface area (Å²) in [6, 6.07) is 11.4. The highest BCUT2D eigenvalue weighted by Gasteiger charge is 2.17. The average Bonchev–Trinajstić information content (AvgIpc) is 3.06. The molecule has 0 amide bonds. The van der Waals surface area contributed by atoms with Gasteiger partial charge in [0.05, 0.1) is 10.6 Å². The highest BCUT2D eigenvalue weighted by Crippen LogP contribution is 2.24. The number of rotatable bonds is 6. The Balaban J connectivity index is 1.65. The Morgan fingerprint density at radius 1 is 1.12 bits per heavy atom. The van der Waals surface area contributed by atoms with E-state index in [2.05, 4.69) is 9.71 Å². The van der Waals surface area contributed by atoms with Crippen LogP contribution in [0.2, 0.25) is 0 Å². The predicted molar refractivity (Wildman–Crippen MR) is 102 cm³/mol. The molecule has 26 heavy (non-hydrogen) atoms. The fourth-order valence-electron chi connectivity index (χ4n) is 2.55. The zero-order valence-corrected chi connectivity index (χ0v) is 16.1. The Labute approximate surface area is 156 Å². The molecule has 3 rings (SSSR count). The lowest BCUT2D eigenvalue weighted by Crippen LogP contribution is -2.26. The quantitative estimate of drug-likeness (QED) is 0.690. The van der Waals surface area contributed by atoms with Gasteiger partial charge in [-0.1, -0.05) is 12.1 Å². The van der Waals surface area contributed by atoms with Gasteiger partial charge in [0.25, 0.3) is 0 Å². The van der Waals surface area contributed by atoms with Crippen molar-refractivity contribution >= 4 is 21.4 Å². The van der Waals surface area contributed by atoms with Crippen molar-refractivity contribution < 1.29 is 12.8 Å². The molecule has 3 aromatic rings. The number of hydrogen-bond acceptors (Lipinski definition) is 4. The fraction of sp³-hybridized carbons (Fsp3) is 0.211. The molecule has 4 nitrogen and oxygen atoms in total. The van der Waals surface area contributed by atoms with Gasteiger partial charge in [-0.3, -0.25) is 0 Å². The molecule has 7 heteroatoms. The molecule has 0 bridgehead atoms. The van der Waals surface area contributed by atoms with E-state index in [9.17, 15) is 12.8 Å². The molecule has 2 aromatic carbocycles. The SMILES string of the molecule is Cc1cccc(S(=O)(=O)NCCc2csc(-c3ccc(F)cc3)n2)c1C. The lowest BCUT2D eigenvalue weighted by Gasteiger charge is -2.10. The van der Waals surface area contributed by atoms with E-state index in [-0.39, 0.29) is 12.4 Å². The van der Waals surface area contributed by atoms with Crippen molar-refractivity contribution in [3.63, 3.8) is 0 Å². The summed E-state index contributed by atoms with van der Waals surface area (Å²) in [5.41, 5.74) is 3.35. The summed E-state index contributed by atoms with van der Waals surface area (Å²) in [7, 11) is -3.55. The van der Waals surface area contributed by atoms with Crippen LogP contribution in [0, 0.1) is 19.7 Å². The van der Waals surface area contributed by atoms with Crippen LogP contribution in [0.25, 0.3) is 10.6 Å². The first-order valence-electron chi connectivity index (χ1n) is 8.13. The minimum Gasteiger partial charge on any atom is -0.241 e. The standard InChI is InChI=1S/C19H19FN2O2S2/c1-13-4-3-5-18(14(13)2)26(23,24)21-11-10-17-12-25-19(22-17)15-6-8-16(20)9-7-15/h3-9,12,21H,10-11H2,1-2H3. The maximum Gasteiger partial charge on any atom is 0.240 e. The molecular weight excluding hydrogens is 371 g/mol.